The fraction of sp³-hybridized carbons (Fsp3) is 0.0952. The fourth-order valence-corrected chi connectivity index (χ4v) is 3.32. The molecule has 0 atom stereocenters. The zero-order chi connectivity index (χ0) is 18.6. The van der Waals surface area contributed by atoms with E-state index < -0.39 is 10.0 Å². The van der Waals surface area contributed by atoms with Crippen LogP contribution in [-0.2, 0) is 10.0 Å². The van der Waals surface area contributed by atoms with E-state index in [1.807, 2.05) is 50.2 Å². The number of aryl methyl sites for hydroxylation is 2. The highest BCUT2D eigenvalue weighted by atomic mass is 32.2. The Labute approximate surface area is 153 Å². The summed E-state index contributed by atoms with van der Waals surface area (Å²) in [6, 6.07) is 23.0. The molecule has 3 aromatic carbocycles. The molecule has 0 aliphatic carbocycles. The third-order valence-electron chi connectivity index (χ3n) is 3.75. The quantitative estimate of drug-likeness (QED) is 0.505. The highest BCUT2D eigenvalue weighted by Gasteiger charge is 2.17. The Balaban J connectivity index is 2.05. The summed E-state index contributed by atoms with van der Waals surface area (Å²) in [5.74, 6) is 0.573. The van der Waals surface area contributed by atoms with Gasteiger partial charge < -0.3 is 4.74 Å². The van der Waals surface area contributed by atoms with Crippen molar-refractivity contribution >= 4 is 15.9 Å². The molecule has 3 aromatic rings. The molecule has 3 rings (SSSR count). The van der Waals surface area contributed by atoms with Crippen LogP contribution in [0.3, 0.4) is 0 Å². The van der Waals surface area contributed by atoms with Crippen molar-refractivity contribution in [3.8, 4) is 5.75 Å². The summed E-state index contributed by atoms with van der Waals surface area (Å²) in [6.45, 7) is 3.84. The number of hydrogen-bond donors (Lipinski definition) is 0. The standard InChI is InChI=1S/C21H19NO3S/c1-16-11-13-20(14-12-16)26(23,24)22-21(18-8-4-3-5-9-18)25-19-10-6-7-17(2)15-19/h3-15H,1-2H3/b22-21-. The molecule has 0 unspecified atom stereocenters. The molecule has 26 heavy (non-hydrogen) atoms. The molecular formula is C21H19NO3S. The van der Waals surface area contributed by atoms with Gasteiger partial charge in [-0.3, -0.25) is 0 Å². The summed E-state index contributed by atoms with van der Waals surface area (Å²) in [5.41, 5.74) is 2.58. The van der Waals surface area contributed by atoms with Gasteiger partial charge in [-0.1, -0.05) is 48.0 Å². The smallest absolute Gasteiger partial charge is 0.285 e. The second kappa shape index (κ2) is 7.54. The third kappa shape index (κ3) is 4.37. The molecule has 132 valence electrons. The summed E-state index contributed by atoms with van der Waals surface area (Å²) < 4.78 is 35.2. The van der Waals surface area contributed by atoms with Crippen LogP contribution in [0.4, 0.5) is 0 Å². The van der Waals surface area contributed by atoms with E-state index in [4.69, 9.17) is 4.74 Å². The summed E-state index contributed by atoms with van der Waals surface area (Å²) in [4.78, 5) is 0.129. The zero-order valence-corrected chi connectivity index (χ0v) is 15.4. The Bertz CT molecular complexity index is 1020. The normalized spacial score (nSPS) is 12.0. The molecular weight excluding hydrogens is 346 g/mol. The topological polar surface area (TPSA) is 55.7 Å². The van der Waals surface area contributed by atoms with Gasteiger partial charge in [-0.25, -0.2) is 0 Å². The maximum atomic E-state index is 12.7. The van der Waals surface area contributed by atoms with Gasteiger partial charge in [0.15, 0.2) is 0 Å². The fourth-order valence-electron chi connectivity index (χ4n) is 2.37. The highest BCUT2D eigenvalue weighted by molar-refractivity contribution is 7.90. The van der Waals surface area contributed by atoms with Gasteiger partial charge in [-0.15, -0.1) is 4.40 Å². The van der Waals surface area contributed by atoms with Crippen LogP contribution in [0.2, 0.25) is 0 Å². The molecule has 0 heterocycles. The SMILES string of the molecule is Cc1ccc(S(=O)(=O)/N=C(\Oc2cccc(C)c2)c2ccccc2)cc1. The van der Waals surface area contributed by atoms with E-state index in [-0.39, 0.29) is 10.8 Å². The van der Waals surface area contributed by atoms with Crippen LogP contribution in [0.15, 0.2) is 88.2 Å². The predicted molar refractivity (Wildman–Crippen MR) is 103 cm³/mol. The van der Waals surface area contributed by atoms with E-state index in [2.05, 4.69) is 4.40 Å². The molecule has 0 N–H and O–H groups in total. The number of ether oxygens (including phenoxy) is 1. The Morgan fingerprint density at radius 2 is 1.50 bits per heavy atom. The van der Waals surface area contributed by atoms with Gasteiger partial charge >= 0.3 is 0 Å². The summed E-state index contributed by atoms with van der Waals surface area (Å²) >= 11 is 0. The van der Waals surface area contributed by atoms with E-state index in [9.17, 15) is 8.42 Å². The van der Waals surface area contributed by atoms with Crippen LogP contribution in [0.5, 0.6) is 5.75 Å². The molecule has 0 aromatic heterocycles. The van der Waals surface area contributed by atoms with Crippen LogP contribution in [-0.4, -0.2) is 14.3 Å². The van der Waals surface area contributed by atoms with E-state index in [1.165, 1.54) is 0 Å². The van der Waals surface area contributed by atoms with E-state index in [0.717, 1.165) is 11.1 Å². The van der Waals surface area contributed by atoms with Gasteiger partial charge in [0.05, 0.1) is 4.90 Å². The van der Waals surface area contributed by atoms with Crippen molar-refractivity contribution in [3.63, 3.8) is 0 Å². The van der Waals surface area contributed by atoms with Crippen LogP contribution in [0.25, 0.3) is 0 Å². The Kier molecular flexibility index (Phi) is 5.19. The minimum Gasteiger partial charge on any atom is -0.438 e. The average Bonchev–Trinajstić information content (AvgIpc) is 2.62. The first kappa shape index (κ1) is 17.9. The minimum atomic E-state index is -3.89. The molecule has 0 bridgehead atoms. The van der Waals surface area contributed by atoms with Gasteiger partial charge in [-0.2, -0.15) is 8.42 Å². The third-order valence-corrected chi connectivity index (χ3v) is 5.02. The lowest BCUT2D eigenvalue weighted by molar-refractivity contribution is 0.550. The van der Waals surface area contributed by atoms with Crippen LogP contribution in [0, 0.1) is 13.8 Å². The van der Waals surface area contributed by atoms with Gasteiger partial charge in [0.25, 0.3) is 10.0 Å². The average molecular weight is 365 g/mol. The van der Waals surface area contributed by atoms with Gasteiger partial charge in [0, 0.05) is 5.56 Å². The molecule has 0 saturated heterocycles. The largest absolute Gasteiger partial charge is 0.438 e. The highest BCUT2D eigenvalue weighted by Crippen LogP contribution is 2.19. The lowest BCUT2D eigenvalue weighted by Gasteiger charge is -2.10. The maximum absolute atomic E-state index is 12.7. The zero-order valence-electron chi connectivity index (χ0n) is 14.6. The molecule has 4 nitrogen and oxygen atoms in total. The van der Waals surface area contributed by atoms with Crippen molar-refractivity contribution in [1.82, 2.24) is 0 Å². The molecule has 0 fully saturated rings. The predicted octanol–water partition coefficient (Wildman–Crippen LogP) is 4.52. The number of rotatable bonds is 4. The van der Waals surface area contributed by atoms with E-state index in [0.29, 0.717) is 11.3 Å². The second-order valence-corrected chi connectivity index (χ2v) is 7.57. The number of hydrogen-bond acceptors (Lipinski definition) is 3. The van der Waals surface area contributed by atoms with Crippen molar-refractivity contribution in [2.24, 2.45) is 4.40 Å². The van der Waals surface area contributed by atoms with Crippen molar-refractivity contribution < 1.29 is 13.2 Å². The van der Waals surface area contributed by atoms with Crippen LogP contribution < -0.4 is 4.74 Å². The second-order valence-electron chi connectivity index (χ2n) is 5.97. The summed E-state index contributed by atoms with van der Waals surface area (Å²) in [7, 11) is -3.89. The Morgan fingerprint density at radius 1 is 0.808 bits per heavy atom. The first-order valence-electron chi connectivity index (χ1n) is 8.16. The first-order valence-corrected chi connectivity index (χ1v) is 9.60. The molecule has 0 amide bonds. The van der Waals surface area contributed by atoms with Crippen molar-refractivity contribution in [3.05, 3.63) is 95.6 Å². The van der Waals surface area contributed by atoms with E-state index >= 15 is 0 Å². The first-order chi connectivity index (χ1) is 12.4. The van der Waals surface area contributed by atoms with Crippen LogP contribution >= 0.6 is 0 Å². The molecule has 5 heteroatoms. The molecule has 0 aliphatic heterocycles. The molecule has 0 saturated carbocycles. The van der Waals surface area contributed by atoms with E-state index in [1.54, 1.807) is 42.5 Å². The molecule has 0 radical (unpaired) electrons. The summed E-state index contributed by atoms with van der Waals surface area (Å²) in [5, 5.41) is 0. The maximum Gasteiger partial charge on any atom is 0.285 e. The lowest BCUT2D eigenvalue weighted by atomic mass is 10.2. The van der Waals surface area contributed by atoms with Gasteiger partial charge in [0.2, 0.25) is 5.90 Å². The van der Waals surface area contributed by atoms with Gasteiger partial charge in [-0.05, 0) is 55.8 Å². The van der Waals surface area contributed by atoms with Gasteiger partial charge in [0.1, 0.15) is 5.75 Å². The Hall–Kier alpha value is -2.92. The lowest BCUT2D eigenvalue weighted by Crippen LogP contribution is -2.13. The number of nitrogens with zero attached hydrogens (tertiary/aromatic N) is 1. The van der Waals surface area contributed by atoms with Crippen molar-refractivity contribution in [1.29, 1.82) is 0 Å². The minimum absolute atomic E-state index is 0.0387. The number of sulfonamides is 1. The van der Waals surface area contributed by atoms with Crippen LogP contribution in [0.1, 0.15) is 16.7 Å². The monoisotopic (exact) mass is 365 g/mol. The molecule has 0 spiro atoms. The van der Waals surface area contributed by atoms with Crippen molar-refractivity contribution in [2.75, 3.05) is 0 Å². The molecule has 0 aliphatic rings. The number of benzene rings is 3. The Morgan fingerprint density at radius 3 is 2.15 bits per heavy atom. The van der Waals surface area contributed by atoms with Crippen molar-refractivity contribution in [2.45, 2.75) is 18.7 Å². The summed E-state index contributed by atoms with van der Waals surface area (Å²) in [6.07, 6.45) is 0.